The molecule has 25 heavy (non-hydrogen) atoms. The Balaban J connectivity index is 1.70. The highest BCUT2D eigenvalue weighted by molar-refractivity contribution is 5.90. The van der Waals surface area contributed by atoms with Gasteiger partial charge in [0.2, 0.25) is 0 Å². The summed E-state index contributed by atoms with van der Waals surface area (Å²) in [5.41, 5.74) is 1.60. The van der Waals surface area contributed by atoms with Crippen molar-refractivity contribution in [3.8, 4) is 5.75 Å². The molecule has 0 bridgehead atoms. The van der Waals surface area contributed by atoms with Crippen LogP contribution in [0.3, 0.4) is 0 Å². The Morgan fingerprint density at radius 1 is 1.20 bits per heavy atom. The number of rotatable bonds is 4. The van der Waals surface area contributed by atoms with Crippen molar-refractivity contribution in [3.63, 3.8) is 0 Å². The zero-order valence-corrected chi connectivity index (χ0v) is 13.8. The van der Waals surface area contributed by atoms with E-state index in [9.17, 15) is 14.9 Å². The molecule has 1 fully saturated rings. The predicted molar refractivity (Wildman–Crippen MR) is 93.8 cm³/mol. The number of carbonyl (C=O) groups is 1. The molecule has 1 heterocycles. The Morgan fingerprint density at radius 3 is 2.48 bits per heavy atom. The van der Waals surface area contributed by atoms with Gasteiger partial charge in [-0.25, -0.2) is 4.79 Å². The maximum atomic E-state index is 12.6. The van der Waals surface area contributed by atoms with E-state index < -0.39 is 4.92 Å². The van der Waals surface area contributed by atoms with Gasteiger partial charge in [0.05, 0.1) is 18.1 Å². The lowest BCUT2D eigenvalue weighted by molar-refractivity contribution is -0.384. The van der Waals surface area contributed by atoms with Crippen LogP contribution in [0.5, 0.6) is 5.75 Å². The molecule has 3 rings (SSSR count). The first kappa shape index (κ1) is 16.8. The highest BCUT2D eigenvalue weighted by Gasteiger charge is 2.30. The van der Waals surface area contributed by atoms with E-state index in [1.807, 2.05) is 24.3 Å². The number of nitro benzene ring substituents is 1. The van der Waals surface area contributed by atoms with Crippen LogP contribution in [0.1, 0.15) is 24.4 Å². The van der Waals surface area contributed by atoms with Crippen LogP contribution in [0.4, 0.5) is 16.2 Å². The lowest BCUT2D eigenvalue weighted by atomic mass is 10.0. The van der Waals surface area contributed by atoms with Crippen LogP contribution in [-0.2, 0) is 0 Å². The predicted octanol–water partition coefficient (Wildman–Crippen LogP) is 3.97. The molecule has 1 unspecified atom stereocenters. The van der Waals surface area contributed by atoms with Gasteiger partial charge >= 0.3 is 6.03 Å². The second-order valence-electron chi connectivity index (χ2n) is 5.86. The van der Waals surface area contributed by atoms with E-state index in [1.54, 1.807) is 12.0 Å². The smallest absolute Gasteiger partial charge is 0.322 e. The summed E-state index contributed by atoms with van der Waals surface area (Å²) in [4.78, 5) is 24.6. The highest BCUT2D eigenvalue weighted by atomic mass is 16.6. The van der Waals surface area contributed by atoms with E-state index in [1.165, 1.54) is 24.3 Å². The minimum Gasteiger partial charge on any atom is -0.497 e. The number of amides is 2. The van der Waals surface area contributed by atoms with Crippen molar-refractivity contribution in [3.05, 3.63) is 64.2 Å². The fraction of sp³-hybridized carbons (Fsp3) is 0.278. The number of anilines is 1. The molecule has 0 aromatic heterocycles. The molecule has 2 aromatic rings. The largest absolute Gasteiger partial charge is 0.497 e. The minimum atomic E-state index is -0.466. The summed E-state index contributed by atoms with van der Waals surface area (Å²) in [6.07, 6.45) is 1.84. The van der Waals surface area contributed by atoms with Gasteiger partial charge in [-0.2, -0.15) is 0 Å². The molecule has 1 N–H and O–H groups in total. The van der Waals surface area contributed by atoms with E-state index in [0.717, 1.165) is 24.2 Å². The van der Waals surface area contributed by atoms with Crippen molar-refractivity contribution in [2.45, 2.75) is 18.9 Å². The highest BCUT2D eigenvalue weighted by Crippen LogP contribution is 2.33. The van der Waals surface area contributed by atoms with E-state index in [-0.39, 0.29) is 17.8 Å². The number of nitrogens with one attached hydrogen (secondary N) is 1. The van der Waals surface area contributed by atoms with Gasteiger partial charge in [-0.1, -0.05) is 12.1 Å². The molecule has 0 radical (unpaired) electrons. The molecule has 1 saturated heterocycles. The SMILES string of the molecule is COc1ccc(C2CCCN2C(=O)Nc2ccc([N+](=O)[O-])cc2)cc1. The summed E-state index contributed by atoms with van der Waals surface area (Å²) in [6.45, 7) is 0.676. The number of nitrogens with zero attached hydrogens (tertiary/aromatic N) is 2. The number of hydrogen-bond donors (Lipinski definition) is 1. The molecular formula is C18H19N3O4. The number of ether oxygens (including phenoxy) is 1. The summed E-state index contributed by atoms with van der Waals surface area (Å²) >= 11 is 0. The second-order valence-corrected chi connectivity index (χ2v) is 5.86. The number of urea groups is 1. The monoisotopic (exact) mass is 341 g/mol. The van der Waals surface area contributed by atoms with Gasteiger partial charge in [-0.3, -0.25) is 10.1 Å². The van der Waals surface area contributed by atoms with E-state index in [4.69, 9.17) is 4.74 Å². The van der Waals surface area contributed by atoms with Gasteiger partial charge in [-0.15, -0.1) is 0 Å². The summed E-state index contributed by atoms with van der Waals surface area (Å²) in [5, 5.41) is 13.5. The maximum absolute atomic E-state index is 12.6. The second kappa shape index (κ2) is 7.21. The third kappa shape index (κ3) is 3.71. The Kier molecular flexibility index (Phi) is 4.83. The molecule has 7 heteroatoms. The summed E-state index contributed by atoms with van der Waals surface area (Å²) in [6, 6.07) is 13.4. The molecule has 0 spiro atoms. The third-order valence-electron chi connectivity index (χ3n) is 4.34. The van der Waals surface area contributed by atoms with Crippen molar-refractivity contribution in [2.24, 2.45) is 0 Å². The molecule has 0 saturated carbocycles. The number of benzene rings is 2. The van der Waals surface area contributed by atoms with Crippen LogP contribution in [0.15, 0.2) is 48.5 Å². The average Bonchev–Trinajstić information content (AvgIpc) is 3.12. The maximum Gasteiger partial charge on any atom is 0.322 e. The van der Waals surface area contributed by atoms with Gasteiger partial charge in [0.1, 0.15) is 5.75 Å². The molecule has 130 valence electrons. The number of hydrogen-bond acceptors (Lipinski definition) is 4. The number of carbonyl (C=O) groups excluding carboxylic acids is 1. The molecule has 1 aliphatic rings. The van der Waals surface area contributed by atoms with Crippen molar-refractivity contribution >= 4 is 17.4 Å². The lowest BCUT2D eigenvalue weighted by Crippen LogP contribution is -2.34. The number of non-ortho nitro benzene ring substituents is 1. The number of methoxy groups -OCH3 is 1. The Bertz CT molecular complexity index is 759. The standard InChI is InChI=1S/C18H19N3O4/c1-25-16-10-4-13(5-11-16)17-3-2-12-20(17)18(22)19-14-6-8-15(9-7-14)21(23)24/h4-11,17H,2-3,12H2,1H3,(H,19,22). The number of nitro groups is 1. The summed E-state index contributed by atoms with van der Waals surface area (Å²) < 4.78 is 5.17. The molecular weight excluding hydrogens is 322 g/mol. The Hall–Kier alpha value is -3.09. The first-order valence-electron chi connectivity index (χ1n) is 8.04. The van der Waals surface area contributed by atoms with Crippen LogP contribution >= 0.6 is 0 Å². The molecule has 7 nitrogen and oxygen atoms in total. The summed E-state index contributed by atoms with van der Waals surface area (Å²) in [7, 11) is 1.62. The molecule has 0 aliphatic carbocycles. The lowest BCUT2D eigenvalue weighted by Gasteiger charge is -2.25. The average molecular weight is 341 g/mol. The third-order valence-corrected chi connectivity index (χ3v) is 4.34. The van der Waals surface area contributed by atoms with Crippen LogP contribution < -0.4 is 10.1 Å². The van der Waals surface area contributed by atoms with Crippen LogP contribution in [0.2, 0.25) is 0 Å². The summed E-state index contributed by atoms with van der Waals surface area (Å²) in [5.74, 6) is 0.781. The van der Waals surface area contributed by atoms with Crippen molar-refractivity contribution in [1.82, 2.24) is 4.90 Å². The zero-order chi connectivity index (χ0) is 17.8. The van der Waals surface area contributed by atoms with Gasteiger partial charge in [0.15, 0.2) is 0 Å². The van der Waals surface area contributed by atoms with Crippen LogP contribution in [0.25, 0.3) is 0 Å². The van der Waals surface area contributed by atoms with Crippen molar-refractivity contribution in [2.75, 3.05) is 19.0 Å². The first-order chi connectivity index (χ1) is 12.1. The molecule has 2 amide bonds. The molecule has 1 aliphatic heterocycles. The van der Waals surface area contributed by atoms with Crippen molar-refractivity contribution in [1.29, 1.82) is 0 Å². The fourth-order valence-corrected chi connectivity index (χ4v) is 3.04. The molecule has 1 atom stereocenters. The van der Waals surface area contributed by atoms with E-state index >= 15 is 0 Å². The zero-order valence-electron chi connectivity index (χ0n) is 13.8. The van der Waals surface area contributed by atoms with Gasteiger partial charge in [0, 0.05) is 24.4 Å². The normalized spacial score (nSPS) is 16.5. The number of likely N-dealkylation sites (tertiary alicyclic amines) is 1. The quantitative estimate of drug-likeness (QED) is 0.673. The Morgan fingerprint density at radius 2 is 1.88 bits per heavy atom. The van der Waals surface area contributed by atoms with Gasteiger partial charge in [0.25, 0.3) is 5.69 Å². The van der Waals surface area contributed by atoms with Crippen LogP contribution in [0, 0.1) is 10.1 Å². The van der Waals surface area contributed by atoms with Gasteiger partial charge in [-0.05, 0) is 42.7 Å². The van der Waals surface area contributed by atoms with E-state index in [0.29, 0.717) is 12.2 Å². The van der Waals surface area contributed by atoms with Crippen molar-refractivity contribution < 1.29 is 14.5 Å². The van der Waals surface area contributed by atoms with Gasteiger partial charge < -0.3 is 15.0 Å². The van der Waals surface area contributed by atoms with Crippen LogP contribution in [-0.4, -0.2) is 29.5 Å². The molecule has 2 aromatic carbocycles. The topological polar surface area (TPSA) is 84.7 Å². The fourth-order valence-electron chi connectivity index (χ4n) is 3.04. The Labute approximate surface area is 145 Å². The van der Waals surface area contributed by atoms with E-state index in [2.05, 4.69) is 5.32 Å². The first-order valence-corrected chi connectivity index (χ1v) is 8.04. The minimum absolute atomic E-state index is 0.00437.